The lowest BCUT2D eigenvalue weighted by atomic mass is 9.91. The molecule has 1 aromatic heterocycles. The quantitative estimate of drug-likeness (QED) is 0.236. The number of aromatic nitrogens is 2. The lowest BCUT2D eigenvalue weighted by Gasteiger charge is -2.48. The van der Waals surface area contributed by atoms with Gasteiger partial charge in [0.1, 0.15) is 23.4 Å². The standard InChI is InChI=1S/C28H42N4O5SSi/c1-27(2,3)39(9,10)37-17-28(4,5)32-21(14-22(33)20-16-30-26(38-8)31-24(20)32)25(34)29-15-18-11-12-19(35-6)13-23(18)36-7/h11-13,16,21H,14-15,17H2,1-10H3,(H,29,34). The van der Waals surface area contributed by atoms with Gasteiger partial charge in [-0.1, -0.05) is 32.5 Å². The molecule has 11 heteroatoms. The molecule has 0 bridgehead atoms. The maximum Gasteiger partial charge on any atom is 0.243 e. The normalized spacial score (nSPS) is 16.1. The molecule has 0 fully saturated rings. The third kappa shape index (κ3) is 6.75. The summed E-state index contributed by atoms with van der Waals surface area (Å²) in [6, 6.07) is 4.68. The minimum absolute atomic E-state index is 0.0179. The molecule has 1 aliphatic heterocycles. The zero-order valence-corrected chi connectivity index (χ0v) is 26.6. The SMILES string of the molecule is COc1ccc(CNC(=O)C2CC(=O)c3cnc(SC)nc3N2C(C)(C)CO[Si](C)(C)C(C)(C)C)c(OC)c1. The molecule has 1 aliphatic rings. The average molecular weight is 575 g/mol. The fraction of sp³-hybridized carbons (Fsp3) is 0.571. The predicted molar refractivity (Wildman–Crippen MR) is 158 cm³/mol. The number of amides is 1. The number of nitrogens with zero attached hydrogens (tertiary/aromatic N) is 3. The molecule has 9 nitrogen and oxygen atoms in total. The van der Waals surface area contributed by atoms with E-state index < -0.39 is 19.9 Å². The highest BCUT2D eigenvalue weighted by atomic mass is 32.2. The zero-order chi connectivity index (χ0) is 29.2. The number of thioether (sulfide) groups is 1. The van der Waals surface area contributed by atoms with Crippen LogP contribution in [0.1, 0.15) is 57.0 Å². The highest BCUT2D eigenvalue weighted by Crippen LogP contribution is 2.40. The van der Waals surface area contributed by atoms with Crippen LogP contribution in [0.4, 0.5) is 5.82 Å². The van der Waals surface area contributed by atoms with Crippen LogP contribution in [-0.2, 0) is 15.8 Å². The first-order valence-corrected chi connectivity index (χ1v) is 17.1. The van der Waals surface area contributed by atoms with Crippen LogP contribution in [0.25, 0.3) is 0 Å². The van der Waals surface area contributed by atoms with Gasteiger partial charge >= 0.3 is 0 Å². The van der Waals surface area contributed by atoms with E-state index >= 15 is 0 Å². The first kappa shape index (κ1) is 30.9. The monoisotopic (exact) mass is 574 g/mol. The van der Waals surface area contributed by atoms with Crippen molar-refractivity contribution >= 4 is 37.6 Å². The van der Waals surface area contributed by atoms with Crippen molar-refractivity contribution < 1.29 is 23.5 Å². The summed E-state index contributed by atoms with van der Waals surface area (Å²) in [5.74, 6) is 1.32. The van der Waals surface area contributed by atoms with E-state index in [0.717, 1.165) is 5.56 Å². The first-order chi connectivity index (χ1) is 18.1. The third-order valence-electron chi connectivity index (χ3n) is 7.64. The molecule has 214 valence electrons. The summed E-state index contributed by atoms with van der Waals surface area (Å²) >= 11 is 1.39. The van der Waals surface area contributed by atoms with Crippen LogP contribution in [-0.4, -0.2) is 68.6 Å². The van der Waals surface area contributed by atoms with E-state index in [9.17, 15) is 9.59 Å². The number of fused-ring (bicyclic) bond motifs is 1. The Hall–Kier alpha value is -2.63. The second-order valence-corrected chi connectivity index (χ2v) is 17.4. The molecule has 0 saturated carbocycles. The largest absolute Gasteiger partial charge is 0.497 e. The van der Waals surface area contributed by atoms with Crippen LogP contribution in [0, 0.1) is 0 Å². The van der Waals surface area contributed by atoms with Crippen LogP contribution in [0.3, 0.4) is 0 Å². The molecule has 39 heavy (non-hydrogen) atoms. The maximum atomic E-state index is 13.8. The molecular formula is C28H42N4O5SSi. The Morgan fingerprint density at radius 1 is 1.18 bits per heavy atom. The molecule has 1 aromatic carbocycles. The molecule has 1 unspecified atom stereocenters. The van der Waals surface area contributed by atoms with E-state index in [4.69, 9.17) is 18.9 Å². The van der Waals surface area contributed by atoms with Crippen LogP contribution < -0.4 is 19.7 Å². The maximum absolute atomic E-state index is 13.8. The molecule has 0 aliphatic carbocycles. The number of ketones is 1. The summed E-state index contributed by atoms with van der Waals surface area (Å²) in [7, 11) is 1.08. The number of nitrogens with one attached hydrogen (secondary N) is 1. The van der Waals surface area contributed by atoms with Gasteiger partial charge in [0.25, 0.3) is 0 Å². The zero-order valence-electron chi connectivity index (χ0n) is 24.8. The third-order valence-corrected chi connectivity index (χ3v) is 12.7. The van der Waals surface area contributed by atoms with E-state index in [1.54, 1.807) is 26.5 Å². The average Bonchev–Trinajstić information content (AvgIpc) is 2.89. The summed E-state index contributed by atoms with van der Waals surface area (Å²) in [5.41, 5.74) is 0.580. The van der Waals surface area contributed by atoms with Gasteiger partial charge in [0.2, 0.25) is 5.91 Å². The molecule has 1 amide bonds. The Balaban J connectivity index is 1.96. The van der Waals surface area contributed by atoms with E-state index in [2.05, 4.69) is 44.2 Å². The van der Waals surface area contributed by atoms with Crippen molar-refractivity contribution in [3.63, 3.8) is 0 Å². The van der Waals surface area contributed by atoms with Crippen LogP contribution in [0.15, 0.2) is 29.6 Å². The predicted octanol–water partition coefficient (Wildman–Crippen LogP) is 5.09. The van der Waals surface area contributed by atoms with Gasteiger partial charge in [-0.05, 0) is 50.4 Å². The lowest BCUT2D eigenvalue weighted by Crippen LogP contribution is -2.62. The molecule has 0 saturated heterocycles. The number of carbonyl (C=O) groups is 2. The van der Waals surface area contributed by atoms with Crippen molar-refractivity contribution in [1.82, 2.24) is 15.3 Å². The van der Waals surface area contributed by atoms with E-state index in [0.29, 0.717) is 34.6 Å². The molecular weight excluding hydrogens is 532 g/mol. The lowest BCUT2D eigenvalue weighted by molar-refractivity contribution is -0.123. The molecule has 1 atom stereocenters. The summed E-state index contributed by atoms with van der Waals surface area (Å²) < 4.78 is 17.4. The minimum atomic E-state index is -2.08. The highest BCUT2D eigenvalue weighted by Gasteiger charge is 2.46. The van der Waals surface area contributed by atoms with Gasteiger partial charge in [-0.2, -0.15) is 0 Å². The topological polar surface area (TPSA) is 103 Å². The van der Waals surface area contributed by atoms with Crippen molar-refractivity contribution in [3.8, 4) is 11.5 Å². The van der Waals surface area contributed by atoms with Crippen molar-refractivity contribution in [1.29, 1.82) is 0 Å². The smallest absolute Gasteiger partial charge is 0.243 e. The molecule has 0 radical (unpaired) electrons. The van der Waals surface area contributed by atoms with Gasteiger partial charge in [0, 0.05) is 30.8 Å². The number of anilines is 1. The van der Waals surface area contributed by atoms with Gasteiger partial charge in [0.05, 0.1) is 31.9 Å². The van der Waals surface area contributed by atoms with Crippen molar-refractivity contribution in [2.24, 2.45) is 0 Å². The number of benzene rings is 1. The Bertz CT molecular complexity index is 1210. The summed E-state index contributed by atoms with van der Waals surface area (Å²) in [6.07, 6.45) is 3.48. The van der Waals surface area contributed by atoms with Gasteiger partial charge in [-0.25, -0.2) is 9.97 Å². The molecule has 0 spiro atoms. The summed E-state index contributed by atoms with van der Waals surface area (Å²) in [6.45, 7) is 15.7. The Labute approximate surface area is 237 Å². The summed E-state index contributed by atoms with van der Waals surface area (Å²) in [4.78, 5) is 38.0. The number of methoxy groups -OCH3 is 2. The van der Waals surface area contributed by atoms with Crippen LogP contribution in [0.5, 0.6) is 11.5 Å². The van der Waals surface area contributed by atoms with E-state index in [-0.39, 0.29) is 29.7 Å². The van der Waals surface area contributed by atoms with Gasteiger partial charge in [-0.15, -0.1) is 0 Å². The van der Waals surface area contributed by atoms with Crippen molar-refractivity contribution in [3.05, 3.63) is 35.5 Å². The number of hydrogen-bond acceptors (Lipinski definition) is 9. The van der Waals surface area contributed by atoms with E-state index in [1.165, 1.54) is 11.8 Å². The molecule has 2 heterocycles. The molecule has 2 aromatic rings. The Kier molecular flexibility index (Phi) is 9.39. The number of hydrogen-bond donors (Lipinski definition) is 1. The number of carbonyl (C=O) groups excluding carboxylic acids is 2. The van der Waals surface area contributed by atoms with Crippen LogP contribution in [0.2, 0.25) is 18.1 Å². The number of rotatable bonds is 10. The molecule has 1 N–H and O–H groups in total. The fourth-order valence-corrected chi connectivity index (χ4v) is 5.70. The second-order valence-electron chi connectivity index (χ2n) is 11.9. The van der Waals surface area contributed by atoms with Gasteiger partial charge < -0.3 is 24.1 Å². The van der Waals surface area contributed by atoms with Crippen molar-refractivity contribution in [2.75, 3.05) is 32.0 Å². The Morgan fingerprint density at radius 3 is 2.46 bits per heavy atom. The highest BCUT2D eigenvalue weighted by molar-refractivity contribution is 7.98. The van der Waals surface area contributed by atoms with Gasteiger partial charge in [-0.3, -0.25) is 9.59 Å². The second kappa shape index (κ2) is 11.9. The van der Waals surface area contributed by atoms with Crippen molar-refractivity contribution in [2.45, 2.75) is 82.5 Å². The minimum Gasteiger partial charge on any atom is -0.497 e. The number of Topliss-reactive ketones (excluding diaryl/α,β-unsaturated/α-hetero) is 1. The summed E-state index contributed by atoms with van der Waals surface area (Å²) in [5, 5.41) is 3.59. The van der Waals surface area contributed by atoms with Gasteiger partial charge in [0.15, 0.2) is 19.3 Å². The van der Waals surface area contributed by atoms with E-state index in [1.807, 2.05) is 37.1 Å². The molecule has 3 rings (SSSR count). The Morgan fingerprint density at radius 2 is 1.87 bits per heavy atom. The first-order valence-electron chi connectivity index (χ1n) is 13.0. The number of ether oxygens (including phenoxy) is 2. The fourth-order valence-electron chi connectivity index (χ4n) is 4.22. The van der Waals surface area contributed by atoms with Crippen LogP contribution >= 0.6 is 11.8 Å².